The third kappa shape index (κ3) is 1.20. The van der Waals surface area contributed by atoms with Gasteiger partial charge >= 0.3 is 0 Å². The van der Waals surface area contributed by atoms with E-state index in [1.807, 2.05) is 0 Å². The van der Waals surface area contributed by atoms with Crippen LogP contribution in [0.3, 0.4) is 0 Å². The minimum Gasteiger partial charge on any atom is -0.391 e. The normalized spacial score (nSPS) is 33.0. The molecule has 0 aromatic heterocycles. The Kier molecular flexibility index (Phi) is 1.86. The number of aliphatic hydroxyl groups excluding tert-OH is 1. The van der Waals surface area contributed by atoms with E-state index in [4.69, 9.17) is 9.84 Å². The lowest BCUT2D eigenvalue weighted by Gasteiger charge is -2.10. The molecular weight excluding hydrogens is 104 g/mol. The number of aliphatic hydroxyl groups is 1. The molecule has 0 spiro atoms. The van der Waals surface area contributed by atoms with Crippen LogP contribution in [0.25, 0.3) is 0 Å². The molecule has 8 heavy (non-hydrogen) atoms. The summed E-state index contributed by atoms with van der Waals surface area (Å²) in [6, 6.07) is 0. The highest BCUT2D eigenvalue weighted by atomic mass is 16.5. The van der Waals surface area contributed by atoms with E-state index in [2.05, 4.69) is 0 Å². The fraction of sp³-hybridized carbons (Fsp3) is 1.00. The average Bonchev–Trinajstić information content (AvgIpc) is 2.12. The summed E-state index contributed by atoms with van der Waals surface area (Å²) in [6.07, 6.45) is 1.97. The minimum atomic E-state index is -0.280. The molecule has 1 rings (SSSR count). The fourth-order valence-corrected chi connectivity index (χ4v) is 0.983. The van der Waals surface area contributed by atoms with Crippen LogP contribution >= 0.6 is 0 Å². The molecule has 1 saturated heterocycles. The minimum absolute atomic E-state index is 0.120. The maximum atomic E-state index is 8.93. The Morgan fingerprint density at radius 1 is 1.75 bits per heavy atom. The van der Waals surface area contributed by atoms with Gasteiger partial charge in [-0.25, -0.2) is 0 Å². The third-order valence-electron chi connectivity index (χ3n) is 1.50. The standard InChI is InChI=1S/C6H12O2/c1-5(7)6-3-2-4-8-6/h5-7H,2-4H2,1H3/t5-,6-/m0/s1. The monoisotopic (exact) mass is 116 g/mol. The van der Waals surface area contributed by atoms with Crippen LogP contribution in [0.2, 0.25) is 0 Å². The number of hydrogen-bond donors (Lipinski definition) is 1. The topological polar surface area (TPSA) is 29.5 Å². The summed E-state index contributed by atoms with van der Waals surface area (Å²) < 4.78 is 5.16. The summed E-state index contributed by atoms with van der Waals surface area (Å²) in [5.74, 6) is 0. The highest BCUT2D eigenvalue weighted by Crippen LogP contribution is 2.14. The third-order valence-corrected chi connectivity index (χ3v) is 1.50. The van der Waals surface area contributed by atoms with E-state index in [1.165, 1.54) is 0 Å². The van der Waals surface area contributed by atoms with Gasteiger partial charge < -0.3 is 9.84 Å². The highest BCUT2D eigenvalue weighted by Gasteiger charge is 2.19. The molecule has 48 valence electrons. The van der Waals surface area contributed by atoms with Gasteiger partial charge in [-0.2, -0.15) is 0 Å². The van der Waals surface area contributed by atoms with Crippen molar-refractivity contribution in [3.8, 4) is 0 Å². The van der Waals surface area contributed by atoms with Gasteiger partial charge in [-0.15, -0.1) is 0 Å². The summed E-state index contributed by atoms with van der Waals surface area (Å²) in [5.41, 5.74) is 0. The summed E-state index contributed by atoms with van der Waals surface area (Å²) in [6.45, 7) is 2.60. The molecule has 0 bridgehead atoms. The molecule has 1 aliphatic rings. The molecule has 1 fully saturated rings. The van der Waals surface area contributed by atoms with Crippen LogP contribution in [0.15, 0.2) is 0 Å². The van der Waals surface area contributed by atoms with Crippen molar-refractivity contribution < 1.29 is 9.84 Å². The van der Waals surface area contributed by atoms with Crippen molar-refractivity contribution in [1.82, 2.24) is 0 Å². The van der Waals surface area contributed by atoms with Gasteiger partial charge in [0.25, 0.3) is 0 Å². The number of rotatable bonds is 1. The SMILES string of the molecule is C[C@H](O)[C@@H]1CCCO1. The van der Waals surface area contributed by atoms with Gasteiger partial charge in [0.1, 0.15) is 0 Å². The molecule has 2 atom stereocenters. The first kappa shape index (κ1) is 6.05. The van der Waals surface area contributed by atoms with Gasteiger partial charge in [0.2, 0.25) is 0 Å². The van der Waals surface area contributed by atoms with Gasteiger partial charge in [0.15, 0.2) is 0 Å². The van der Waals surface area contributed by atoms with Gasteiger partial charge in [-0.3, -0.25) is 0 Å². The predicted octanol–water partition coefficient (Wildman–Crippen LogP) is 0.546. The molecule has 1 aliphatic heterocycles. The summed E-state index contributed by atoms with van der Waals surface area (Å²) >= 11 is 0. The lowest BCUT2D eigenvalue weighted by molar-refractivity contribution is 0.00856. The van der Waals surface area contributed by atoms with Crippen LogP contribution in [-0.4, -0.2) is 23.9 Å². The van der Waals surface area contributed by atoms with E-state index < -0.39 is 0 Å². The molecule has 0 aliphatic carbocycles. The zero-order chi connectivity index (χ0) is 5.98. The quantitative estimate of drug-likeness (QED) is 0.542. The summed E-state index contributed by atoms with van der Waals surface area (Å²) in [4.78, 5) is 0. The molecule has 1 heterocycles. The van der Waals surface area contributed by atoms with Crippen LogP contribution in [0.1, 0.15) is 19.8 Å². The Morgan fingerprint density at radius 3 is 2.75 bits per heavy atom. The van der Waals surface area contributed by atoms with Crippen molar-refractivity contribution in [3.05, 3.63) is 0 Å². The first-order chi connectivity index (χ1) is 3.80. The molecule has 0 saturated carbocycles. The Labute approximate surface area is 49.5 Å². The van der Waals surface area contributed by atoms with Crippen LogP contribution in [0.4, 0.5) is 0 Å². The fourth-order valence-electron chi connectivity index (χ4n) is 0.983. The second kappa shape index (κ2) is 2.46. The first-order valence-electron chi connectivity index (χ1n) is 3.10. The number of ether oxygens (including phenoxy) is 1. The van der Waals surface area contributed by atoms with Crippen LogP contribution in [-0.2, 0) is 4.74 Å². The van der Waals surface area contributed by atoms with Crippen molar-refractivity contribution in [1.29, 1.82) is 0 Å². The van der Waals surface area contributed by atoms with E-state index in [1.54, 1.807) is 6.92 Å². The van der Waals surface area contributed by atoms with Gasteiger partial charge in [-0.1, -0.05) is 0 Å². The van der Waals surface area contributed by atoms with Crippen molar-refractivity contribution in [2.75, 3.05) is 6.61 Å². The second-order valence-electron chi connectivity index (χ2n) is 2.29. The lowest BCUT2D eigenvalue weighted by Crippen LogP contribution is -2.20. The first-order valence-corrected chi connectivity index (χ1v) is 3.10. The van der Waals surface area contributed by atoms with Crippen molar-refractivity contribution in [3.63, 3.8) is 0 Å². The van der Waals surface area contributed by atoms with E-state index in [9.17, 15) is 0 Å². The molecule has 0 amide bonds. The Bertz CT molecular complexity index is 64.9. The van der Waals surface area contributed by atoms with E-state index in [0.29, 0.717) is 0 Å². The average molecular weight is 116 g/mol. The van der Waals surface area contributed by atoms with Crippen molar-refractivity contribution in [2.24, 2.45) is 0 Å². The van der Waals surface area contributed by atoms with E-state index in [0.717, 1.165) is 19.4 Å². The van der Waals surface area contributed by atoms with Crippen molar-refractivity contribution in [2.45, 2.75) is 32.0 Å². The van der Waals surface area contributed by atoms with Crippen LogP contribution in [0.5, 0.6) is 0 Å². The van der Waals surface area contributed by atoms with Gasteiger partial charge in [0, 0.05) is 6.61 Å². The van der Waals surface area contributed by atoms with Gasteiger partial charge in [0.05, 0.1) is 12.2 Å². The predicted molar refractivity (Wildman–Crippen MR) is 30.7 cm³/mol. The Balaban J connectivity index is 2.24. The molecule has 0 unspecified atom stereocenters. The molecular formula is C6H12O2. The molecule has 0 aromatic rings. The van der Waals surface area contributed by atoms with Gasteiger partial charge in [-0.05, 0) is 19.8 Å². The molecule has 0 radical (unpaired) electrons. The highest BCUT2D eigenvalue weighted by molar-refractivity contribution is 4.68. The molecule has 0 aromatic carbocycles. The van der Waals surface area contributed by atoms with Crippen LogP contribution in [0, 0.1) is 0 Å². The Morgan fingerprint density at radius 2 is 2.50 bits per heavy atom. The molecule has 1 N–H and O–H groups in total. The summed E-state index contributed by atoms with van der Waals surface area (Å²) in [5, 5.41) is 8.93. The zero-order valence-corrected chi connectivity index (χ0v) is 5.13. The number of hydrogen-bond acceptors (Lipinski definition) is 2. The van der Waals surface area contributed by atoms with Crippen molar-refractivity contribution >= 4 is 0 Å². The zero-order valence-electron chi connectivity index (χ0n) is 5.13. The Hall–Kier alpha value is -0.0800. The van der Waals surface area contributed by atoms with E-state index >= 15 is 0 Å². The maximum absolute atomic E-state index is 8.93. The molecule has 2 heteroatoms. The molecule has 2 nitrogen and oxygen atoms in total. The van der Waals surface area contributed by atoms with Crippen LogP contribution < -0.4 is 0 Å². The largest absolute Gasteiger partial charge is 0.391 e. The van der Waals surface area contributed by atoms with E-state index in [-0.39, 0.29) is 12.2 Å². The lowest BCUT2D eigenvalue weighted by atomic mass is 10.2. The maximum Gasteiger partial charge on any atom is 0.0832 e. The second-order valence-corrected chi connectivity index (χ2v) is 2.29. The smallest absolute Gasteiger partial charge is 0.0832 e. The summed E-state index contributed by atoms with van der Waals surface area (Å²) in [7, 11) is 0.